The fourth-order valence-corrected chi connectivity index (χ4v) is 5.11. The highest BCUT2D eigenvalue weighted by molar-refractivity contribution is 8.05. The fourth-order valence-electron chi connectivity index (χ4n) is 4.06. The van der Waals surface area contributed by atoms with E-state index in [1.165, 1.54) is 11.8 Å². The molecule has 0 radical (unpaired) electrons. The summed E-state index contributed by atoms with van der Waals surface area (Å²) in [5.74, 6) is -0.689. The highest BCUT2D eigenvalue weighted by Crippen LogP contribution is 2.33. The summed E-state index contributed by atoms with van der Waals surface area (Å²) in [6, 6.07) is 7.38. The van der Waals surface area contributed by atoms with Crippen molar-refractivity contribution < 1.29 is 19.1 Å². The summed E-state index contributed by atoms with van der Waals surface area (Å²) in [6.07, 6.45) is 11.0. The summed E-state index contributed by atoms with van der Waals surface area (Å²) in [7, 11) is 0. The van der Waals surface area contributed by atoms with Crippen LogP contribution in [-0.4, -0.2) is 59.8 Å². The molecule has 0 saturated carbocycles. The molecule has 0 bridgehead atoms. The quantitative estimate of drug-likeness (QED) is 0.685. The molecule has 3 heterocycles. The Balaban J connectivity index is 1.26. The van der Waals surface area contributed by atoms with E-state index in [1.54, 1.807) is 0 Å². The molecule has 6 nitrogen and oxygen atoms in total. The van der Waals surface area contributed by atoms with Gasteiger partial charge in [0.2, 0.25) is 0 Å². The summed E-state index contributed by atoms with van der Waals surface area (Å²) in [5.41, 5.74) is 2.31. The van der Waals surface area contributed by atoms with Gasteiger partial charge in [0.05, 0.1) is 29.1 Å². The molecule has 0 N–H and O–H groups in total. The molecule has 7 heteroatoms. The van der Waals surface area contributed by atoms with Crippen LogP contribution < -0.4 is 0 Å². The third-order valence-electron chi connectivity index (χ3n) is 5.73. The van der Waals surface area contributed by atoms with E-state index in [9.17, 15) is 9.59 Å². The van der Waals surface area contributed by atoms with Gasteiger partial charge in [-0.15, -0.1) is 11.8 Å². The maximum atomic E-state index is 12.9. The van der Waals surface area contributed by atoms with Crippen molar-refractivity contribution in [2.24, 2.45) is 4.99 Å². The molecule has 1 aromatic carbocycles. The van der Waals surface area contributed by atoms with E-state index >= 15 is 0 Å². The minimum atomic E-state index is -0.483. The first-order valence-corrected chi connectivity index (χ1v) is 11.0. The van der Waals surface area contributed by atoms with E-state index in [2.05, 4.69) is 4.99 Å². The summed E-state index contributed by atoms with van der Waals surface area (Å²) >= 11 is 1.50. The lowest BCUT2D eigenvalue weighted by Crippen LogP contribution is -2.47. The molecule has 1 aromatic rings. The van der Waals surface area contributed by atoms with E-state index in [-0.39, 0.29) is 17.1 Å². The van der Waals surface area contributed by atoms with Gasteiger partial charge in [0.1, 0.15) is 0 Å². The highest BCUT2D eigenvalue weighted by Gasteiger charge is 2.40. The van der Waals surface area contributed by atoms with Crippen LogP contribution in [0.4, 0.5) is 0 Å². The number of rotatable bonds is 2. The Kier molecular flexibility index (Phi) is 5.18. The molecule has 2 amide bonds. The van der Waals surface area contributed by atoms with Crippen molar-refractivity contribution in [2.45, 2.75) is 23.9 Å². The Morgan fingerprint density at radius 3 is 2.60 bits per heavy atom. The predicted molar refractivity (Wildman–Crippen MR) is 116 cm³/mol. The van der Waals surface area contributed by atoms with Crippen molar-refractivity contribution in [3.63, 3.8) is 0 Å². The third kappa shape index (κ3) is 3.80. The molecule has 1 unspecified atom stereocenters. The molecule has 0 aromatic heterocycles. The van der Waals surface area contributed by atoms with E-state index < -0.39 is 5.79 Å². The van der Waals surface area contributed by atoms with Crippen LogP contribution in [0.1, 0.15) is 28.8 Å². The Bertz CT molecular complexity index is 977. The van der Waals surface area contributed by atoms with E-state index in [4.69, 9.17) is 9.47 Å². The number of hydrogen-bond donors (Lipinski definition) is 0. The van der Waals surface area contributed by atoms with Crippen molar-refractivity contribution >= 4 is 35.4 Å². The standard InChI is InChI=1S/C23H22N2O4S/c26-21-20(30-19-4-2-1-3-18(19)24-21)15-16-5-7-17(8-6-16)22(27)25-11-9-23(10-12-25)28-13-14-29-23/h1-8,15,19H,9-14H2/b20-15+. The van der Waals surface area contributed by atoms with Crippen molar-refractivity contribution in [1.82, 2.24) is 4.90 Å². The number of ether oxygens (including phenoxy) is 2. The van der Waals surface area contributed by atoms with Gasteiger partial charge in [-0.25, -0.2) is 4.99 Å². The molecule has 30 heavy (non-hydrogen) atoms. The van der Waals surface area contributed by atoms with Crippen molar-refractivity contribution in [2.75, 3.05) is 26.3 Å². The number of aliphatic imine (C=N–C) groups is 1. The number of hydrogen-bond acceptors (Lipinski definition) is 5. The molecule has 154 valence electrons. The van der Waals surface area contributed by atoms with Crippen LogP contribution in [0.2, 0.25) is 0 Å². The van der Waals surface area contributed by atoms with Gasteiger partial charge in [0.25, 0.3) is 11.8 Å². The van der Waals surface area contributed by atoms with E-state index in [0.29, 0.717) is 49.6 Å². The zero-order chi connectivity index (χ0) is 20.6. The van der Waals surface area contributed by atoms with Crippen LogP contribution in [0.15, 0.2) is 58.5 Å². The molecule has 4 aliphatic rings. The van der Waals surface area contributed by atoms with Crippen molar-refractivity contribution in [1.29, 1.82) is 0 Å². The molecular formula is C23H22N2O4S. The summed E-state index contributed by atoms with van der Waals surface area (Å²) in [4.78, 5) is 31.8. The van der Waals surface area contributed by atoms with Gasteiger partial charge in [-0.1, -0.05) is 30.4 Å². The average molecular weight is 423 g/mol. The number of fused-ring (bicyclic) bond motifs is 1. The van der Waals surface area contributed by atoms with Crippen LogP contribution >= 0.6 is 11.8 Å². The highest BCUT2D eigenvalue weighted by atomic mass is 32.2. The molecular weight excluding hydrogens is 400 g/mol. The molecule has 1 aliphatic carbocycles. The van der Waals surface area contributed by atoms with Gasteiger partial charge >= 0.3 is 0 Å². The van der Waals surface area contributed by atoms with Crippen LogP contribution in [0.5, 0.6) is 0 Å². The number of carbonyl (C=O) groups is 2. The zero-order valence-electron chi connectivity index (χ0n) is 16.5. The van der Waals surface area contributed by atoms with Crippen LogP contribution in [-0.2, 0) is 14.3 Å². The lowest BCUT2D eigenvalue weighted by molar-refractivity contribution is -0.181. The van der Waals surface area contributed by atoms with E-state index in [1.807, 2.05) is 59.5 Å². The number of likely N-dealkylation sites (tertiary alicyclic amines) is 1. The van der Waals surface area contributed by atoms with Crippen molar-refractivity contribution in [3.05, 3.63) is 64.6 Å². The second kappa shape index (κ2) is 7.98. The number of benzene rings is 1. The Morgan fingerprint density at radius 1 is 1.13 bits per heavy atom. The SMILES string of the molecule is O=C1N=C2C=CC=CC2S/C1=C/c1ccc(C(=O)N2CCC3(CC2)OCCO3)cc1. The largest absolute Gasteiger partial charge is 0.347 e. The van der Waals surface area contributed by atoms with Gasteiger partial charge in [0, 0.05) is 31.5 Å². The van der Waals surface area contributed by atoms with Crippen molar-refractivity contribution in [3.8, 4) is 0 Å². The van der Waals surface area contributed by atoms with Gasteiger partial charge < -0.3 is 14.4 Å². The first-order chi connectivity index (χ1) is 14.6. The predicted octanol–water partition coefficient (Wildman–Crippen LogP) is 3.22. The molecule has 1 atom stereocenters. The Hall–Kier alpha value is -2.48. The lowest BCUT2D eigenvalue weighted by Gasteiger charge is -2.37. The number of nitrogens with zero attached hydrogens (tertiary/aromatic N) is 2. The number of allylic oxidation sites excluding steroid dienone is 3. The molecule has 1 spiro atoms. The van der Waals surface area contributed by atoms with Crippen LogP contribution in [0, 0.1) is 0 Å². The van der Waals surface area contributed by atoms with E-state index in [0.717, 1.165) is 11.3 Å². The average Bonchev–Trinajstić information content (AvgIpc) is 3.23. The minimum Gasteiger partial charge on any atom is -0.347 e. The van der Waals surface area contributed by atoms with Gasteiger partial charge in [0.15, 0.2) is 5.79 Å². The van der Waals surface area contributed by atoms with Gasteiger partial charge in [-0.3, -0.25) is 9.59 Å². The van der Waals surface area contributed by atoms with Crippen LogP contribution in [0.3, 0.4) is 0 Å². The summed E-state index contributed by atoms with van der Waals surface area (Å²) in [5, 5.41) is 0.0787. The molecule has 2 fully saturated rings. The smallest absolute Gasteiger partial charge is 0.283 e. The second-order valence-corrected chi connectivity index (χ2v) is 8.84. The third-order valence-corrected chi connectivity index (χ3v) is 6.93. The zero-order valence-corrected chi connectivity index (χ0v) is 17.3. The Morgan fingerprint density at radius 2 is 1.87 bits per heavy atom. The first kappa shape index (κ1) is 19.5. The molecule has 3 aliphatic heterocycles. The molecule has 5 rings (SSSR count). The Labute approximate surface area is 179 Å². The first-order valence-electron chi connectivity index (χ1n) is 10.2. The lowest BCUT2D eigenvalue weighted by atomic mass is 10.0. The fraction of sp³-hybridized carbons (Fsp3) is 0.348. The molecule has 2 saturated heterocycles. The minimum absolute atomic E-state index is 0.0125. The van der Waals surface area contributed by atoms with Gasteiger partial charge in [-0.05, 0) is 29.8 Å². The van der Waals surface area contributed by atoms with Gasteiger partial charge in [-0.2, -0.15) is 0 Å². The summed E-state index contributed by atoms with van der Waals surface area (Å²) < 4.78 is 11.5. The number of carbonyl (C=O) groups excluding carboxylic acids is 2. The topological polar surface area (TPSA) is 68.2 Å². The number of thioether (sulfide) groups is 1. The number of amides is 2. The number of piperidine rings is 1. The maximum Gasteiger partial charge on any atom is 0.283 e. The maximum absolute atomic E-state index is 12.9. The monoisotopic (exact) mass is 422 g/mol. The normalized spacial score (nSPS) is 26.2. The van der Waals surface area contributed by atoms with Crippen LogP contribution in [0.25, 0.3) is 6.08 Å². The summed E-state index contributed by atoms with van der Waals surface area (Å²) in [6.45, 7) is 2.51. The second-order valence-electron chi connectivity index (χ2n) is 7.65.